The second kappa shape index (κ2) is 8.35. The van der Waals surface area contributed by atoms with E-state index in [9.17, 15) is 14.9 Å². The van der Waals surface area contributed by atoms with Gasteiger partial charge in [-0.25, -0.2) is 10.4 Å². The number of rotatable bonds is 5. The maximum atomic E-state index is 12.5. The lowest BCUT2D eigenvalue weighted by atomic mass is 10.0. The summed E-state index contributed by atoms with van der Waals surface area (Å²) >= 11 is 1.71. The highest BCUT2D eigenvalue weighted by Crippen LogP contribution is 2.34. The number of amides is 1. The second-order valence-electron chi connectivity index (χ2n) is 7.52. The van der Waals surface area contributed by atoms with Crippen LogP contribution in [-0.2, 0) is 12.8 Å². The van der Waals surface area contributed by atoms with E-state index in [1.807, 2.05) is 30.3 Å². The van der Waals surface area contributed by atoms with Gasteiger partial charge in [0.2, 0.25) is 0 Å². The van der Waals surface area contributed by atoms with Gasteiger partial charge in [0, 0.05) is 33.8 Å². The molecule has 4 aromatic rings. The van der Waals surface area contributed by atoms with Crippen LogP contribution in [0.4, 0.5) is 5.69 Å². The topological polar surface area (TPSA) is 102 Å². The van der Waals surface area contributed by atoms with Crippen LogP contribution in [0.3, 0.4) is 0 Å². The molecule has 2 aromatic heterocycles. The Morgan fingerprint density at radius 3 is 2.78 bits per heavy atom. The Kier molecular flexibility index (Phi) is 5.24. The Bertz CT molecular complexity index is 1360. The molecule has 5 rings (SSSR count). The fraction of sp³-hybridized carbons (Fsp3) is 0.174. The fourth-order valence-electron chi connectivity index (χ4n) is 3.96. The number of thiazole rings is 1. The van der Waals surface area contributed by atoms with E-state index in [1.54, 1.807) is 17.6 Å². The average molecular weight is 446 g/mol. The van der Waals surface area contributed by atoms with Crippen LogP contribution in [0.5, 0.6) is 0 Å². The van der Waals surface area contributed by atoms with Gasteiger partial charge in [-0.1, -0.05) is 36.4 Å². The number of hydrazone groups is 1. The number of aromatic nitrogens is 2. The fourth-order valence-corrected chi connectivity index (χ4v) is 5.18. The zero-order chi connectivity index (χ0) is 22.1. The molecule has 1 aliphatic rings. The van der Waals surface area contributed by atoms with Crippen LogP contribution in [0.1, 0.15) is 39.5 Å². The predicted octanol–water partition coefficient (Wildman–Crippen LogP) is 4.61. The van der Waals surface area contributed by atoms with Gasteiger partial charge in [-0.15, -0.1) is 11.3 Å². The van der Waals surface area contributed by atoms with Crippen molar-refractivity contribution in [2.24, 2.45) is 5.10 Å². The Morgan fingerprint density at radius 2 is 1.97 bits per heavy atom. The molecule has 1 N–H and O–H groups in total. The van der Waals surface area contributed by atoms with Gasteiger partial charge in [0.05, 0.1) is 22.5 Å². The van der Waals surface area contributed by atoms with Crippen molar-refractivity contribution >= 4 is 34.1 Å². The number of nitro groups is 1. The SMILES string of the molecule is O=C(NN=Cc1c(-c2ccccc2)nc2sc3c(n12)CCCC3)c1cccc([N+](=O)[O-])c1. The lowest BCUT2D eigenvalue weighted by molar-refractivity contribution is -0.384. The van der Waals surface area contributed by atoms with Crippen LogP contribution in [-0.4, -0.2) is 26.4 Å². The van der Waals surface area contributed by atoms with Crippen molar-refractivity contribution in [3.8, 4) is 11.3 Å². The molecule has 2 aromatic carbocycles. The van der Waals surface area contributed by atoms with E-state index in [4.69, 9.17) is 4.98 Å². The van der Waals surface area contributed by atoms with Gasteiger partial charge >= 0.3 is 0 Å². The summed E-state index contributed by atoms with van der Waals surface area (Å²) in [4.78, 5) is 30.1. The summed E-state index contributed by atoms with van der Waals surface area (Å²) in [6, 6.07) is 15.4. The lowest BCUT2D eigenvalue weighted by Gasteiger charge is -2.11. The first kappa shape index (κ1) is 20.1. The molecule has 1 aliphatic carbocycles. The zero-order valence-electron chi connectivity index (χ0n) is 17.0. The largest absolute Gasteiger partial charge is 0.285 e. The number of nitro benzene ring substituents is 1. The van der Waals surface area contributed by atoms with E-state index in [0.29, 0.717) is 0 Å². The highest BCUT2D eigenvalue weighted by atomic mass is 32.1. The van der Waals surface area contributed by atoms with Crippen molar-refractivity contribution in [3.05, 3.63) is 86.5 Å². The number of nitrogens with one attached hydrogen (secondary N) is 1. The average Bonchev–Trinajstić information content (AvgIpc) is 3.36. The predicted molar refractivity (Wildman–Crippen MR) is 123 cm³/mol. The van der Waals surface area contributed by atoms with Gasteiger partial charge < -0.3 is 0 Å². The molecule has 32 heavy (non-hydrogen) atoms. The van der Waals surface area contributed by atoms with Crippen molar-refractivity contribution in [1.82, 2.24) is 14.8 Å². The number of carbonyl (C=O) groups is 1. The molecule has 8 nitrogen and oxygen atoms in total. The molecule has 0 fully saturated rings. The molecule has 0 radical (unpaired) electrons. The third-order valence-electron chi connectivity index (χ3n) is 5.48. The molecule has 0 unspecified atom stereocenters. The molecule has 1 amide bonds. The Labute approximate surface area is 187 Å². The Balaban J connectivity index is 1.50. The number of carbonyl (C=O) groups excluding carboxylic acids is 1. The number of aryl methyl sites for hydroxylation is 2. The number of fused-ring (bicyclic) bond motifs is 3. The smallest absolute Gasteiger partial charge is 0.271 e. The van der Waals surface area contributed by atoms with Crippen molar-refractivity contribution in [3.63, 3.8) is 0 Å². The lowest BCUT2D eigenvalue weighted by Crippen LogP contribution is -2.18. The number of hydrogen-bond acceptors (Lipinski definition) is 6. The van der Waals surface area contributed by atoms with Crippen LogP contribution in [0.2, 0.25) is 0 Å². The monoisotopic (exact) mass is 445 g/mol. The number of nitrogens with zero attached hydrogens (tertiary/aromatic N) is 4. The van der Waals surface area contributed by atoms with E-state index in [2.05, 4.69) is 14.9 Å². The first-order chi connectivity index (χ1) is 15.6. The minimum atomic E-state index is -0.533. The summed E-state index contributed by atoms with van der Waals surface area (Å²) in [5.74, 6) is -0.515. The molecule has 0 saturated heterocycles. The molecule has 9 heteroatoms. The molecule has 0 bridgehead atoms. The summed E-state index contributed by atoms with van der Waals surface area (Å²) in [5.41, 5.74) is 6.37. The van der Waals surface area contributed by atoms with Crippen molar-refractivity contribution < 1.29 is 9.72 Å². The number of hydrogen-bond donors (Lipinski definition) is 1. The molecule has 2 heterocycles. The first-order valence-corrected chi connectivity index (χ1v) is 11.1. The van der Waals surface area contributed by atoms with Crippen LogP contribution in [0.25, 0.3) is 16.2 Å². The van der Waals surface area contributed by atoms with E-state index < -0.39 is 10.8 Å². The third-order valence-corrected chi connectivity index (χ3v) is 6.62. The minimum absolute atomic E-state index is 0.143. The molecule has 160 valence electrons. The maximum absolute atomic E-state index is 12.5. The standard InChI is InChI=1S/C23H19N5O3S/c29-22(16-9-6-10-17(13-16)28(30)31)26-24-14-19-21(15-7-2-1-3-8-15)25-23-27(19)18-11-4-5-12-20(18)32-23/h1-3,6-10,13-14H,4-5,11-12H2,(H,26,29). The van der Waals surface area contributed by atoms with E-state index in [1.165, 1.54) is 41.3 Å². The first-order valence-electron chi connectivity index (χ1n) is 10.3. The molecular weight excluding hydrogens is 426 g/mol. The normalized spacial score (nSPS) is 13.4. The number of non-ortho nitro benzene ring substituents is 1. The van der Waals surface area contributed by atoms with Crippen molar-refractivity contribution in [2.75, 3.05) is 0 Å². The Morgan fingerprint density at radius 1 is 1.16 bits per heavy atom. The second-order valence-corrected chi connectivity index (χ2v) is 8.58. The van der Waals surface area contributed by atoms with Gasteiger partial charge in [0.25, 0.3) is 11.6 Å². The van der Waals surface area contributed by atoms with Gasteiger partial charge in [-0.3, -0.25) is 19.3 Å². The van der Waals surface area contributed by atoms with Crippen LogP contribution >= 0.6 is 11.3 Å². The highest BCUT2D eigenvalue weighted by molar-refractivity contribution is 7.17. The quantitative estimate of drug-likeness (QED) is 0.275. The van der Waals surface area contributed by atoms with Crippen LogP contribution in [0.15, 0.2) is 59.7 Å². The van der Waals surface area contributed by atoms with Gasteiger partial charge in [0.15, 0.2) is 4.96 Å². The summed E-state index contributed by atoms with van der Waals surface area (Å²) < 4.78 is 2.14. The Hall–Kier alpha value is -3.85. The molecule has 0 spiro atoms. The van der Waals surface area contributed by atoms with Gasteiger partial charge in [0.1, 0.15) is 0 Å². The molecular formula is C23H19N5O3S. The highest BCUT2D eigenvalue weighted by Gasteiger charge is 2.22. The van der Waals surface area contributed by atoms with Gasteiger partial charge in [-0.05, 0) is 31.7 Å². The van der Waals surface area contributed by atoms with Crippen LogP contribution in [0, 0.1) is 10.1 Å². The minimum Gasteiger partial charge on any atom is -0.285 e. The molecule has 0 aliphatic heterocycles. The van der Waals surface area contributed by atoms with E-state index in [0.717, 1.165) is 41.2 Å². The summed E-state index contributed by atoms with van der Waals surface area (Å²) in [7, 11) is 0. The van der Waals surface area contributed by atoms with Crippen molar-refractivity contribution in [2.45, 2.75) is 25.7 Å². The maximum Gasteiger partial charge on any atom is 0.271 e. The van der Waals surface area contributed by atoms with Gasteiger partial charge in [-0.2, -0.15) is 5.10 Å². The van der Waals surface area contributed by atoms with Crippen molar-refractivity contribution in [1.29, 1.82) is 0 Å². The summed E-state index contributed by atoms with van der Waals surface area (Å²) in [5, 5.41) is 15.1. The molecule has 0 atom stereocenters. The summed E-state index contributed by atoms with van der Waals surface area (Å²) in [6.45, 7) is 0. The van der Waals surface area contributed by atoms with Crippen LogP contribution < -0.4 is 5.43 Å². The third kappa shape index (κ3) is 3.67. The number of imidazole rings is 1. The molecule has 0 saturated carbocycles. The number of benzene rings is 2. The van der Waals surface area contributed by atoms with E-state index >= 15 is 0 Å². The summed E-state index contributed by atoms with van der Waals surface area (Å²) in [6.07, 6.45) is 5.98. The zero-order valence-corrected chi connectivity index (χ0v) is 17.8. The van der Waals surface area contributed by atoms with E-state index in [-0.39, 0.29) is 11.3 Å².